The lowest BCUT2D eigenvalue weighted by Crippen LogP contribution is -2.06. The summed E-state index contributed by atoms with van der Waals surface area (Å²) in [4.78, 5) is 16.0. The first kappa shape index (κ1) is 11.2. The van der Waals surface area contributed by atoms with Gasteiger partial charge in [0.05, 0.1) is 22.5 Å². The van der Waals surface area contributed by atoms with Crippen LogP contribution in [0.25, 0.3) is 10.9 Å². The molecule has 1 aliphatic rings. The van der Waals surface area contributed by atoms with E-state index < -0.39 is 0 Å². The molecular weight excluding hydrogens is 224 g/mol. The fraction of sp³-hybridized carbons (Fsp3) is 0.333. The number of nitrogen functional groups attached to an aromatic ring is 1. The number of para-hydroxylation sites is 1. The minimum atomic E-state index is 0.400. The van der Waals surface area contributed by atoms with E-state index in [1.165, 1.54) is 12.8 Å². The number of carbonyl (C=O) groups excluding carboxylic acids is 1. The highest BCUT2D eigenvalue weighted by atomic mass is 16.1. The molecular formula is C15H16N2O. The van der Waals surface area contributed by atoms with Crippen LogP contribution >= 0.6 is 0 Å². The van der Waals surface area contributed by atoms with E-state index in [0.29, 0.717) is 17.2 Å². The van der Waals surface area contributed by atoms with Gasteiger partial charge in [0.15, 0.2) is 6.29 Å². The highest BCUT2D eigenvalue weighted by Crippen LogP contribution is 2.37. The monoisotopic (exact) mass is 240 g/mol. The van der Waals surface area contributed by atoms with Crippen LogP contribution in [-0.2, 0) is 0 Å². The van der Waals surface area contributed by atoms with Crippen LogP contribution in [0.2, 0.25) is 0 Å². The zero-order valence-electron chi connectivity index (χ0n) is 10.2. The first-order valence-corrected chi connectivity index (χ1v) is 6.44. The van der Waals surface area contributed by atoms with Gasteiger partial charge < -0.3 is 5.73 Å². The third-order valence-corrected chi connectivity index (χ3v) is 3.86. The zero-order chi connectivity index (χ0) is 12.5. The topological polar surface area (TPSA) is 56.0 Å². The van der Waals surface area contributed by atoms with Crippen LogP contribution in [0.3, 0.4) is 0 Å². The molecule has 1 fully saturated rings. The number of rotatable bonds is 2. The molecule has 1 saturated carbocycles. The first-order chi connectivity index (χ1) is 8.81. The van der Waals surface area contributed by atoms with Crippen LogP contribution < -0.4 is 5.73 Å². The van der Waals surface area contributed by atoms with E-state index >= 15 is 0 Å². The second-order valence-corrected chi connectivity index (χ2v) is 4.94. The molecule has 3 nitrogen and oxygen atoms in total. The fourth-order valence-electron chi connectivity index (χ4n) is 2.91. The normalized spacial score (nSPS) is 16.2. The Labute approximate surface area is 106 Å². The number of hydrogen-bond donors (Lipinski definition) is 1. The average Bonchev–Trinajstić information content (AvgIpc) is 2.92. The van der Waals surface area contributed by atoms with E-state index in [1.54, 1.807) is 0 Å². The summed E-state index contributed by atoms with van der Waals surface area (Å²) < 4.78 is 0. The predicted molar refractivity (Wildman–Crippen MR) is 72.8 cm³/mol. The van der Waals surface area contributed by atoms with Crippen molar-refractivity contribution in [2.75, 3.05) is 5.73 Å². The third-order valence-electron chi connectivity index (χ3n) is 3.86. The van der Waals surface area contributed by atoms with E-state index in [4.69, 9.17) is 5.73 Å². The van der Waals surface area contributed by atoms with Gasteiger partial charge in [-0.05, 0) is 18.9 Å². The molecule has 18 heavy (non-hydrogen) atoms. The lowest BCUT2D eigenvalue weighted by atomic mass is 9.96. The molecule has 0 bridgehead atoms. The standard InChI is InChI=1S/C15H16N2O/c16-14-11-7-3-4-8-13(11)17-15(12(14)9-18)10-5-1-2-6-10/h3-4,7-10H,1-2,5-6H2,(H2,16,17). The molecule has 2 aromatic rings. The second-order valence-electron chi connectivity index (χ2n) is 4.94. The zero-order valence-corrected chi connectivity index (χ0v) is 10.2. The van der Waals surface area contributed by atoms with Crippen molar-refractivity contribution in [1.29, 1.82) is 0 Å². The number of fused-ring (bicyclic) bond motifs is 1. The summed E-state index contributed by atoms with van der Waals surface area (Å²) in [6.07, 6.45) is 5.54. The van der Waals surface area contributed by atoms with Gasteiger partial charge in [0.2, 0.25) is 0 Å². The number of carbonyl (C=O) groups is 1. The van der Waals surface area contributed by atoms with E-state index in [2.05, 4.69) is 4.98 Å². The Bertz CT molecular complexity index is 601. The summed E-state index contributed by atoms with van der Waals surface area (Å²) in [5.74, 6) is 0.400. The smallest absolute Gasteiger partial charge is 0.154 e. The van der Waals surface area contributed by atoms with E-state index in [-0.39, 0.29) is 0 Å². The Morgan fingerprint density at radius 1 is 1.22 bits per heavy atom. The summed E-state index contributed by atoms with van der Waals surface area (Å²) >= 11 is 0. The van der Waals surface area contributed by atoms with Crippen molar-refractivity contribution in [3.63, 3.8) is 0 Å². The second kappa shape index (κ2) is 4.41. The number of aromatic nitrogens is 1. The van der Waals surface area contributed by atoms with Gasteiger partial charge in [-0.15, -0.1) is 0 Å². The molecule has 2 N–H and O–H groups in total. The maximum absolute atomic E-state index is 11.3. The highest BCUT2D eigenvalue weighted by molar-refractivity contribution is 6.00. The van der Waals surface area contributed by atoms with Gasteiger partial charge in [0, 0.05) is 11.3 Å². The number of anilines is 1. The number of aldehydes is 1. The van der Waals surface area contributed by atoms with Gasteiger partial charge in [-0.3, -0.25) is 9.78 Å². The Balaban J connectivity index is 2.26. The van der Waals surface area contributed by atoms with Crippen LogP contribution in [0, 0.1) is 0 Å². The maximum atomic E-state index is 11.3. The van der Waals surface area contributed by atoms with Gasteiger partial charge >= 0.3 is 0 Å². The van der Waals surface area contributed by atoms with Crippen molar-refractivity contribution in [3.8, 4) is 0 Å². The molecule has 3 rings (SSSR count). The van der Waals surface area contributed by atoms with Gasteiger partial charge in [-0.1, -0.05) is 31.0 Å². The molecule has 92 valence electrons. The molecule has 1 aromatic carbocycles. The highest BCUT2D eigenvalue weighted by Gasteiger charge is 2.23. The molecule has 1 heterocycles. The summed E-state index contributed by atoms with van der Waals surface area (Å²) in [5.41, 5.74) is 9.10. The quantitative estimate of drug-likeness (QED) is 0.819. The number of hydrogen-bond acceptors (Lipinski definition) is 3. The minimum absolute atomic E-state index is 0.400. The molecule has 3 heteroatoms. The van der Waals surface area contributed by atoms with Crippen LogP contribution in [-0.4, -0.2) is 11.3 Å². The summed E-state index contributed by atoms with van der Waals surface area (Å²) in [7, 11) is 0. The SMILES string of the molecule is Nc1c(C=O)c(C2CCCC2)nc2ccccc12. The molecule has 1 aliphatic carbocycles. The number of benzene rings is 1. The van der Waals surface area contributed by atoms with Crippen molar-refractivity contribution in [3.05, 3.63) is 35.5 Å². The molecule has 0 aliphatic heterocycles. The van der Waals surface area contributed by atoms with Gasteiger partial charge in [-0.2, -0.15) is 0 Å². The maximum Gasteiger partial charge on any atom is 0.154 e. The van der Waals surface area contributed by atoms with E-state index in [9.17, 15) is 4.79 Å². The molecule has 0 amide bonds. The van der Waals surface area contributed by atoms with Crippen molar-refractivity contribution in [1.82, 2.24) is 4.98 Å². The van der Waals surface area contributed by atoms with Crippen molar-refractivity contribution < 1.29 is 4.79 Å². The van der Waals surface area contributed by atoms with Crippen LogP contribution in [0.4, 0.5) is 5.69 Å². The Morgan fingerprint density at radius 3 is 2.67 bits per heavy atom. The summed E-state index contributed by atoms with van der Waals surface area (Å²) in [6, 6.07) is 7.75. The van der Waals surface area contributed by atoms with Crippen LogP contribution in [0.1, 0.15) is 47.7 Å². The van der Waals surface area contributed by atoms with Gasteiger partial charge in [0.1, 0.15) is 0 Å². The van der Waals surface area contributed by atoms with Gasteiger partial charge in [0.25, 0.3) is 0 Å². The van der Waals surface area contributed by atoms with E-state index in [0.717, 1.165) is 35.7 Å². The average molecular weight is 240 g/mol. The number of nitrogens with two attached hydrogens (primary N) is 1. The molecule has 0 spiro atoms. The Morgan fingerprint density at radius 2 is 1.94 bits per heavy atom. The van der Waals surface area contributed by atoms with Crippen LogP contribution in [0.15, 0.2) is 24.3 Å². The number of nitrogens with zero attached hydrogens (tertiary/aromatic N) is 1. The van der Waals surface area contributed by atoms with Crippen molar-refractivity contribution in [2.24, 2.45) is 0 Å². The molecule has 0 saturated heterocycles. The molecule has 0 atom stereocenters. The summed E-state index contributed by atoms with van der Waals surface area (Å²) in [6.45, 7) is 0. The minimum Gasteiger partial charge on any atom is -0.398 e. The predicted octanol–water partition coefficient (Wildman–Crippen LogP) is 3.29. The molecule has 0 unspecified atom stereocenters. The van der Waals surface area contributed by atoms with E-state index in [1.807, 2.05) is 24.3 Å². The Kier molecular flexibility index (Phi) is 2.74. The first-order valence-electron chi connectivity index (χ1n) is 6.44. The summed E-state index contributed by atoms with van der Waals surface area (Å²) in [5, 5.41) is 0.876. The van der Waals surface area contributed by atoms with Gasteiger partial charge in [-0.25, -0.2) is 0 Å². The fourth-order valence-corrected chi connectivity index (χ4v) is 2.91. The Hall–Kier alpha value is -1.90. The third kappa shape index (κ3) is 1.67. The van der Waals surface area contributed by atoms with Crippen LogP contribution in [0.5, 0.6) is 0 Å². The van der Waals surface area contributed by atoms with Crippen molar-refractivity contribution in [2.45, 2.75) is 31.6 Å². The number of pyridine rings is 1. The largest absolute Gasteiger partial charge is 0.398 e. The van der Waals surface area contributed by atoms with Crippen molar-refractivity contribution >= 4 is 22.9 Å². The molecule has 0 radical (unpaired) electrons. The molecule has 1 aromatic heterocycles. The lowest BCUT2D eigenvalue weighted by Gasteiger charge is -2.14. The lowest BCUT2D eigenvalue weighted by molar-refractivity contribution is 0.112.